The number of rotatable bonds is 7. The van der Waals surface area contributed by atoms with Crippen LogP contribution in [0.4, 0.5) is 0 Å². The number of aliphatic imine (C=N–C) groups is 1. The molecule has 0 spiro atoms. The van der Waals surface area contributed by atoms with Crippen LogP contribution in [0.2, 0.25) is 5.02 Å². The summed E-state index contributed by atoms with van der Waals surface area (Å²) in [6.45, 7) is 3.32. The molecule has 0 radical (unpaired) electrons. The van der Waals surface area contributed by atoms with Crippen molar-refractivity contribution in [3.8, 4) is 17.0 Å². The van der Waals surface area contributed by atoms with Crippen LogP contribution >= 0.6 is 23.2 Å². The van der Waals surface area contributed by atoms with Crippen molar-refractivity contribution in [2.24, 2.45) is 4.99 Å². The molecule has 1 aromatic carbocycles. The number of ether oxygens (including phenoxy) is 1. The normalized spacial score (nSPS) is 18.8. The Balaban J connectivity index is 1.49. The van der Waals surface area contributed by atoms with Gasteiger partial charge in [-0.1, -0.05) is 36.2 Å². The van der Waals surface area contributed by atoms with Crippen molar-refractivity contribution in [3.63, 3.8) is 0 Å². The molecule has 1 N–H and O–H groups in total. The van der Waals surface area contributed by atoms with Crippen LogP contribution in [0.3, 0.4) is 0 Å². The SMILES string of the molecule is CCNS(=O)(=O)c1ccc(-c2ccnc(O[C@@H]3CCN(C4=C(Cl)C(=O)CN=C4)C3)c2)c(Cl)c1. The average molecular weight is 509 g/mol. The van der Waals surface area contributed by atoms with Crippen LogP contribution in [0.25, 0.3) is 11.1 Å². The number of nitrogens with zero attached hydrogens (tertiary/aromatic N) is 3. The number of carbonyl (C=O) groups excluding carboxylic acids is 1. The third kappa shape index (κ3) is 5.22. The molecule has 0 saturated carbocycles. The zero-order chi connectivity index (χ0) is 23.6. The fourth-order valence-corrected chi connectivity index (χ4v) is 5.38. The molecule has 1 atom stereocenters. The lowest BCUT2D eigenvalue weighted by Crippen LogP contribution is -2.28. The molecule has 2 aliphatic heterocycles. The number of likely N-dealkylation sites (tertiary alicyclic amines) is 1. The molecule has 4 rings (SSSR count). The predicted molar refractivity (Wildman–Crippen MR) is 127 cm³/mol. The van der Waals surface area contributed by atoms with E-state index in [4.69, 9.17) is 27.9 Å². The van der Waals surface area contributed by atoms with E-state index in [1.165, 1.54) is 12.1 Å². The van der Waals surface area contributed by atoms with Gasteiger partial charge in [0.1, 0.15) is 17.7 Å². The summed E-state index contributed by atoms with van der Waals surface area (Å²) in [5.41, 5.74) is 2.05. The van der Waals surface area contributed by atoms with E-state index < -0.39 is 10.0 Å². The minimum absolute atomic E-state index is 0.0808. The van der Waals surface area contributed by atoms with E-state index in [0.717, 1.165) is 12.0 Å². The van der Waals surface area contributed by atoms with E-state index >= 15 is 0 Å². The highest BCUT2D eigenvalue weighted by atomic mass is 35.5. The number of nitrogens with one attached hydrogen (secondary N) is 1. The number of halogens is 2. The molecule has 0 unspecified atom stereocenters. The number of carbonyl (C=O) groups is 1. The second-order valence-corrected chi connectivity index (χ2v) is 10.1. The third-order valence-corrected chi connectivity index (χ3v) is 7.58. The second-order valence-electron chi connectivity index (χ2n) is 7.59. The highest BCUT2D eigenvalue weighted by Crippen LogP contribution is 2.32. The number of aromatic nitrogens is 1. The summed E-state index contributed by atoms with van der Waals surface area (Å²) in [7, 11) is -3.60. The van der Waals surface area contributed by atoms with Crippen molar-refractivity contribution < 1.29 is 17.9 Å². The fourth-order valence-electron chi connectivity index (χ4n) is 3.73. The standard InChI is InChI=1S/C22H22Cl2N4O4S/c1-2-27-33(30,31)16-3-4-17(18(23)10-16)14-5-7-26-21(9-14)32-15-6-8-28(13-15)19-11-25-12-20(29)22(19)24/h3-5,7,9-11,15,27H,2,6,8,12-13H2,1H3/t15-/m1/s1. The summed E-state index contributed by atoms with van der Waals surface area (Å²) in [4.78, 5) is 22.3. The van der Waals surface area contributed by atoms with Crippen molar-refractivity contribution in [2.75, 3.05) is 26.2 Å². The number of Topliss-reactive ketones (excluding diaryl/α,β-unsaturated/α-hetero) is 1. The molecular weight excluding hydrogens is 487 g/mol. The molecule has 0 aliphatic carbocycles. The van der Waals surface area contributed by atoms with E-state index in [1.54, 1.807) is 37.5 Å². The van der Waals surface area contributed by atoms with Crippen molar-refractivity contribution >= 4 is 45.2 Å². The van der Waals surface area contributed by atoms with E-state index in [9.17, 15) is 13.2 Å². The molecule has 0 bridgehead atoms. The lowest BCUT2D eigenvalue weighted by atomic mass is 10.1. The second kappa shape index (κ2) is 9.80. The van der Waals surface area contributed by atoms with Crippen LogP contribution in [-0.4, -0.2) is 62.6 Å². The molecule has 174 valence electrons. The van der Waals surface area contributed by atoms with Crippen LogP contribution in [0, 0.1) is 0 Å². The van der Waals surface area contributed by atoms with E-state index in [1.807, 2.05) is 4.90 Å². The number of hydrogen-bond acceptors (Lipinski definition) is 7. The molecule has 1 aromatic heterocycles. The lowest BCUT2D eigenvalue weighted by Gasteiger charge is -2.22. The maximum atomic E-state index is 12.2. The van der Waals surface area contributed by atoms with E-state index in [2.05, 4.69) is 14.7 Å². The summed E-state index contributed by atoms with van der Waals surface area (Å²) in [5.74, 6) is 0.238. The van der Waals surface area contributed by atoms with Gasteiger partial charge in [-0.05, 0) is 23.8 Å². The molecular formula is C22H22Cl2N4O4S. The van der Waals surface area contributed by atoms with Gasteiger partial charge in [-0.15, -0.1) is 0 Å². The molecule has 2 aliphatic rings. The Hall–Kier alpha value is -2.46. The Morgan fingerprint density at radius 1 is 1.24 bits per heavy atom. The van der Waals surface area contributed by atoms with Crippen LogP contribution in [-0.2, 0) is 14.8 Å². The third-order valence-electron chi connectivity index (χ3n) is 5.32. The molecule has 33 heavy (non-hydrogen) atoms. The Bertz CT molecular complexity index is 1250. The number of benzene rings is 1. The first-order chi connectivity index (χ1) is 15.8. The Morgan fingerprint density at radius 2 is 2.06 bits per heavy atom. The molecule has 1 fully saturated rings. The predicted octanol–water partition coefficient (Wildman–Crippen LogP) is 3.26. The van der Waals surface area contributed by atoms with Gasteiger partial charge in [-0.25, -0.2) is 18.1 Å². The largest absolute Gasteiger partial charge is 0.472 e. The van der Waals surface area contributed by atoms with E-state index in [-0.39, 0.29) is 34.9 Å². The van der Waals surface area contributed by atoms with Gasteiger partial charge in [0, 0.05) is 48.6 Å². The topological polar surface area (TPSA) is 101 Å². The Labute approximate surface area is 202 Å². The van der Waals surface area contributed by atoms with Gasteiger partial charge in [0.05, 0.1) is 17.1 Å². The quantitative estimate of drug-likeness (QED) is 0.615. The zero-order valence-electron chi connectivity index (χ0n) is 17.8. The number of sulfonamides is 1. The van der Waals surface area contributed by atoms with Gasteiger partial charge in [0.15, 0.2) is 5.78 Å². The van der Waals surface area contributed by atoms with E-state index in [0.29, 0.717) is 35.3 Å². The summed E-state index contributed by atoms with van der Waals surface area (Å²) in [6, 6.07) is 8.15. The molecule has 11 heteroatoms. The van der Waals surface area contributed by atoms with Crippen molar-refractivity contribution in [3.05, 3.63) is 52.3 Å². The van der Waals surface area contributed by atoms with Crippen LogP contribution in [0.1, 0.15) is 13.3 Å². The first kappa shape index (κ1) is 23.7. The van der Waals surface area contributed by atoms with Crippen molar-refractivity contribution in [1.82, 2.24) is 14.6 Å². The summed E-state index contributed by atoms with van der Waals surface area (Å²) in [5, 5.41) is 0.515. The van der Waals surface area contributed by atoms with Gasteiger partial charge in [0.2, 0.25) is 15.9 Å². The maximum absolute atomic E-state index is 12.2. The fraction of sp³-hybridized carbons (Fsp3) is 0.318. The molecule has 3 heterocycles. The first-order valence-corrected chi connectivity index (χ1v) is 12.6. The number of ketones is 1. The zero-order valence-corrected chi connectivity index (χ0v) is 20.1. The summed E-state index contributed by atoms with van der Waals surface area (Å²) >= 11 is 12.6. The molecule has 1 saturated heterocycles. The van der Waals surface area contributed by atoms with Gasteiger partial charge in [0.25, 0.3) is 0 Å². The Kier molecular flexibility index (Phi) is 7.04. The smallest absolute Gasteiger partial charge is 0.240 e. The van der Waals surface area contributed by atoms with Crippen LogP contribution in [0.15, 0.2) is 57.1 Å². The highest BCUT2D eigenvalue weighted by Gasteiger charge is 2.29. The molecule has 2 aromatic rings. The number of dihydropyridines is 1. The average Bonchev–Trinajstić information content (AvgIpc) is 3.24. The van der Waals surface area contributed by atoms with Gasteiger partial charge in [-0.2, -0.15) is 0 Å². The monoisotopic (exact) mass is 508 g/mol. The first-order valence-electron chi connectivity index (χ1n) is 10.4. The number of allylic oxidation sites excluding steroid dienone is 1. The minimum Gasteiger partial charge on any atom is -0.472 e. The lowest BCUT2D eigenvalue weighted by molar-refractivity contribution is -0.113. The van der Waals surface area contributed by atoms with Crippen molar-refractivity contribution in [2.45, 2.75) is 24.3 Å². The molecule has 0 amide bonds. The minimum atomic E-state index is -3.60. The number of hydrogen-bond donors (Lipinski definition) is 1. The Morgan fingerprint density at radius 3 is 2.82 bits per heavy atom. The van der Waals surface area contributed by atoms with Gasteiger partial charge < -0.3 is 9.64 Å². The molecule has 8 nitrogen and oxygen atoms in total. The summed E-state index contributed by atoms with van der Waals surface area (Å²) in [6.07, 6.45) is 3.84. The van der Waals surface area contributed by atoms with Crippen LogP contribution in [0.5, 0.6) is 5.88 Å². The number of pyridine rings is 1. The van der Waals surface area contributed by atoms with Crippen molar-refractivity contribution in [1.29, 1.82) is 0 Å². The highest BCUT2D eigenvalue weighted by molar-refractivity contribution is 7.89. The summed E-state index contributed by atoms with van der Waals surface area (Å²) < 4.78 is 33.0. The maximum Gasteiger partial charge on any atom is 0.240 e. The van der Waals surface area contributed by atoms with Gasteiger partial charge >= 0.3 is 0 Å². The van der Waals surface area contributed by atoms with Gasteiger partial charge in [-0.3, -0.25) is 9.79 Å². The van der Waals surface area contributed by atoms with Crippen LogP contribution < -0.4 is 9.46 Å².